The van der Waals surface area contributed by atoms with Crippen molar-refractivity contribution in [1.29, 1.82) is 0 Å². The second-order valence-corrected chi connectivity index (χ2v) is 5.58. The zero-order chi connectivity index (χ0) is 11.5. The number of rotatable bonds is 2. The van der Waals surface area contributed by atoms with Crippen molar-refractivity contribution >= 4 is 0 Å². The van der Waals surface area contributed by atoms with Gasteiger partial charge in [-0.2, -0.15) is 0 Å². The Kier molecular flexibility index (Phi) is 4.20. The monoisotopic (exact) mass is 229 g/mol. The fraction of sp³-hybridized carbons (Fsp3) is 1.00. The second kappa shape index (κ2) is 5.46. The van der Waals surface area contributed by atoms with Crippen LogP contribution in [-0.4, -0.2) is 43.4 Å². The number of halogens is 1. The van der Waals surface area contributed by atoms with Gasteiger partial charge in [0.1, 0.15) is 6.17 Å². The second-order valence-electron chi connectivity index (χ2n) is 5.58. The third-order valence-corrected chi connectivity index (χ3v) is 4.06. The van der Waals surface area contributed by atoms with Crippen LogP contribution >= 0.6 is 0 Å². The van der Waals surface area contributed by atoms with Crippen LogP contribution in [0.1, 0.15) is 33.1 Å². The first-order chi connectivity index (χ1) is 7.66. The van der Waals surface area contributed by atoms with E-state index >= 15 is 0 Å². The van der Waals surface area contributed by atoms with E-state index in [1.807, 2.05) is 6.92 Å². The Morgan fingerprint density at radius 2 is 2.12 bits per heavy atom. The van der Waals surface area contributed by atoms with Gasteiger partial charge in [-0.1, -0.05) is 13.8 Å². The molecular formula is C13H24FNO. The Labute approximate surface area is 98.1 Å². The smallest absolute Gasteiger partial charge is 0.107 e. The van der Waals surface area contributed by atoms with Gasteiger partial charge in [0.05, 0.1) is 6.10 Å². The number of nitrogens with zero attached hydrogens (tertiary/aromatic N) is 1. The van der Waals surface area contributed by atoms with Crippen molar-refractivity contribution in [2.75, 3.05) is 26.2 Å². The lowest BCUT2D eigenvalue weighted by Gasteiger charge is -2.38. The van der Waals surface area contributed by atoms with Crippen molar-refractivity contribution in [3.8, 4) is 0 Å². The summed E-state index contributed by atoms with van der Waals surface area (Å²) in [5.41, 5.74) is 0. The molecule has 0 aromatic rings. The van der Waals surface area contributed by atoms with Crippen LogP contribution in [0.15, 0.2) is 0 Å². The molecule has 2 rings (SSSR count). The minimum Gasteiger partial charge on any atom is -0.376 e. The first kappa shape index (κ1) is 12.3. The highest BCUT2D eigenvalue weighted by Gasteiger charge is 2.32. The number of likely N-dealkylation sites (tertiary alicyclic amines) is 1. The largest absolute Gasteiger partial charge is 0.376 e. The number of alkyl halides is 1. The van der Waals surface area contributed by atoms with Crippen molar-refractivity contribution in [1.82, 2.24) is 4.90 Å². The molecule has 0 radical (unpaired) electrons. The number of hydrogen-bond donors (Lipinski definition) is 0. The predicted molar refractivity (Wildman–Crippen MR) is 63.3 cm³/mol. The molecule has 16 heavy (non-hydrogen) atoms. The molecule has 0 bridgehead atoms. The molecule has 0 saturated carbocycles. The van der Waals surface area contributed by atoms with Gasteiger partial charge in [-0.15, -0.1) is 0 Å². The molecule has 94 valence electrons. The molecule has 0 aromatic carbocycles. The molecule has 2 fully saturated rings. The molecule has 3 heteroatoms. The summed E-state index contributed by atoms with van der Waals surface area (Å²) < 4.78 is 19.3. The average molecular weight is 229 g/mol. The fourth-order valence-corrected chi connectivity index (χ4v) is 2.91. The molecule has 0 N–H and O–H groups in total. The summed E-state index contributed by atoms with van der Waals surface area (Å²) in [4.78, 5) is 2.45. The third-order valence-electron chi connectivity index (χ3n) is 4.06. The first-order valence-electron chi connectivity index (χ1n) is 6.65. The Morgan fingerprint density at radius 1 is 1.31 bits per heavy atom. The van der Waals surface area contributed by atoms with Crippen LogP contribution < -0.4 is 0 Å². The fourth-order valence-electron chi connectivity index (χ4n) is 2.91. The maximum absolute atomic E-state index is 13.6. The minimum absolute atomic E-state index is 0.0611. The minimum atomic E-state index is -0.666. The molecule has 2 saturated heterocycles. The van der Waals surface area contributed by atoms with E-state index in [1.165, 1.54) is 12.8 Å². The zero-order valence-corrected chi connectivity index (χ0v) is 10.5. The van der Waals surface area contributed by atoms with Crippen LogP contribution in [0.2, 0.25) is 0 Å². The normalized spacial score (nSPS) is 42.2. The van der Waals surface area contributed by atoms with Gasteiger partial charge in [-0.05, 0) is 25.3 Å². The van der Waals surface area contributed by atoms with Crippen LogP contribution in [0.3, 0.4) is 0 Å². The molecule has 2 heterocycles. The standard InChI is InChI=1S/C13H24FNO/c1-10-4-3-6-15(8-10)9-13-11(2)12(14)5-7-16-13/h10-13H,3-9H2,1-2H3/t10-,11+,12?,13-/m0/s1. The maximum atomic E-state index is 13.6. The van der Waals surface area contributed by atoms with E-state index < -0.39 is 6.17 Å². The lowest BCUT2D eigenvalue weighted by Crippen LogP contribution is -2.46. The van der Waals surface area contributed by atoms with Gasteiger partial charge >= 0.3 is 0 Å². The Hall–Kier alpha value is -0.150. The lowest BCUT2D eigenvalue weighted by atomic mass is 9.93. The molecule has 0 aromatic heterocycles. The van der Waals surface area contributed by atoms with E-state index in [2.05, 4.69) is 11.8 Å². The number of hydrogen-bond acceptors (Lipinski definition) is 2. The van der Waals surface area contributed by atoms with Gasteiger partial charge in [-0.3, -0.25) is 0 Å². The summed E-state index contributed by atoms with van der Waals surface area (Å²) in [5.74, 6) is 0.847. The maximum Gasteiger partial charge on any atom is 0.107 e. The van der Waals surface area contributed by atoms with E-state index in [0.717, 1.165) is 25.6 Å². The summed E-state index contributed by atoms with van der Waals surface area (Å²) in [5, 5.41) is 0. The summed E-state index contributed by atoms with van der Waals surface area (Å²) in [6.45, 7) is 8.13. The van der Waals surface area contributed by atoms with Crippen LogP contribution in [0.4, 0.5) is 4.39 Å². The van der Waals surface area contributed by atoms with E-state index in [4.69, 9.17) is 4.74 Å². The van der Waals surface area contributed by atoms with Gasteiger partial charge in [-0.25, -0.2) is 4.39 Å². The molecule has 2 aliphatic heterocycles. The number of ether oxygens (including phenoxy) is 1. The highest BCUT2D eigenvalue weighted by Crippen LogP contribution is 2.25. The lowest BCUT2D eigenvalue weighted by molar-refractivity contribution is -0.0755. The van der Waals surface area contributed by atoms with Crippen molar-refractivity contribution in [2.24, 2.45) is 11.8 Å². The molecule has 0 amide bonds. The summed E-state index contributed by atoms with van der Waals surface area (Å²) in [6, 6.07) is 0. The van der Waals surface area contributed by atoms with E-state index in [0.29, 0.717) is 13.0 Å². The van der Waals surface area contributed by atoms with Gasteiger partial charge in [0.2, 0.25) is 0 Å². The Balaban J connectivity index is 1.83. The summed E-state index contributed by atoms with van der Waals surface area (Å²) in [6.07, 6.45) is 2.63. The molecule has 2 aliphatic rings. The highest BCUT2D eigenvalue weighted by atomic mass is 19.1. The Bertz CT molecular complexity index is 224. The molecule has 0 spiro atoms. The Morgan fingerprint density at radius 3 is 2.88 bits per heavy atom. The van der Waals surface area contributed by atoms with E-state index in [9.17, 15) is 4.39 Å². The van der Waals surface area contributed by atoms with Gasteiger partial charge < -0.3 is 9.64 Å². The van der Waals surface area contributed by atoms with Crippen molar-refractivity contribution < 1.29 is 9.13 Å². The van der Waals surface area contributed by atoms with E-state index in [-0.39, 0.29) is 12.0 Å². The van der Waals surface area contributed by atoms with Crippen LogP contribution in [0.25, 0.3) is 0 Å². The van der Waals surface area contributed by atoms with Crippen molar-refractivity contribution in [3.05, 3.63) is 0 Å². The predicted octanol–water partition coefficient (Wildman–Crippen LogP) is 2.48. The molecule has 2 nitrogen and oxygen atoms in total. The first-order valence-corrected chi connectivity index (χ1v) is 6.65. The molecule has 0 aliphatic carbocycles. The van der Waals surface area contributed by atoms with Crippen LogP contribution in [-0.2, 0) is 4.74 Å². The van der Waals surface area contributed by atoms with Crippen LogP contribution in [0.5, 0.6) is 0 Å². The molecule has 4 atom stereocenters. The van der Waals surface area contributed by atoms with E-state index in [1.54, 1.807) is 0 Å². The number of piperidine rings is 1. The van der Waals surface area contributed by atoms with Crippen molar-refractivity contribution in [3.63, 3.8) is 0 Å². The highest BCUT2D eigenvalue weighted by molar-refractivity contribution is 4.82. The molecular weight excluding hydrogens is 205 g/mol. The third kappa shape index (κ3) is 2.95. The summed E-state index contributed by atoms with van der Waals surface area (Å²) in [7, 11) is 0. The van der Waals surface area contributed by atoms with Gasteiger partial charge in [0.25, 0.3) is 0 Å². The quantitative estimate of drug-likeness (QED) is 0.721. The SMILES string of the molecule is C[C@H]1CCCN(C[C@@H]2OCCC(F)[C@H]2C)C1. The van der Waals surface area contributed by atoms with Crippen molar-refractivity contribution in [2.45, 2.75) is 45.4 Å². The zero-order valence-electron chi connectivity index (χ0n) is 10.5. The molecule has 1 unspecified atom stereocenters. The topological polar surface area (TPSA) is 12.5 Å². The van der Waals surface area contributed by atoms with Crippen LogP contribution in [0, 0.1) is 11.8 Å². The summed E-state index contributed by atoms with van der Waals surface area (Å²) >= 11 is 0. The van der Waals surface area contributed by atoms with Gasteiger partial charge in [0.15, 0.2) is 0 Å². The van der Waals surface area contributed by atoms with Gasteiger partial charge in [0, 0.05) is 32.0 Å². The average Bonchev–Trinajstić information content (AvgIpc) is 2.25.